The van der Waals surface area contributed by atoms with Crippen LogP contribution >= 0.6 is 0 Å². The Balaban J connectivity index is 1.82. The van der Waals surface area contributed by atoms with E-state index in [0.717, 1.165) is 25.7 Å². The van der Waals surface area contributed by atoms with Crippen LogP contribution in [0.1, 0.15) is 54.6 Å². The van der Waals surface area contributed by atoms with Gasteiger partial charge in [-0.15, -0.1) is 0 Å². The topological polar surface area (TPSA) is 42.2 Å². The highest BCUT2D eigenvalue weighted by atomic mass is 19.1. The van der Waals surface area contributed by atoms with Crippen molar-refractivity contribution >= 4 is 16.9 Å². The minimum absolute atomic E-state index is 0.184. The van der Waals surface area contributed by atoms with Gasteiger partial charge in [0.05, 0.1) is 0 Å². The molecule has 1 fully saturated rings. The van der Waals surface area contributed by atoms with Crippen molar-refractivity contribution in [2.45, 2.75) is 51.5 Å². The molecule has 1 aromatic heterocycles. The van der Waals surface area contributed by atoms with Crippen LogP contribution in [0.15, 0.2) is 22.6 Å². The monoisotopic (exact) mass is 289 g/mol. The Morgan fingerprint density at radius 1 is 1.24 bits per heavy atom. The number of nitrogens with one attached hydrogen (secondary N) is 1. The number of benzene rings is 1. The van der Waals surface area contributed by atoms with Crippen LogP contribution in [0.5, 0.6) is 0 Å². The fourth-order valence-corrected chi connectivity index (χ4v) is 3.08. The van der Waals surface area contributed by atoms with Crippen LogP contribution in [0.2, 0.25) is 0 Å². The summed E-state index contributed by atoms with van der Waals surface area (Å²) in [5.41, 5.74) is 1.26. The first-order valence-corrected chi connectivity index (χ1v) is 7.64. The molecule has 3 rings (SSSR count). The van der Waals surface area contributed by atoms with Crippen molar-refractivity contribution in [3.8, 4) is 0 Å². The number of hydrogen-bond donors (Lipinski definition) is 1. The third kappa shape index (κ3) is 2.94. The minimum atomic E-state index is -0.317. The van der Waals surface area contributed by atoms with Crippen molar-refractivity contribution < 1.29 is 13.6 Å². The first-order chi connectivity index (χ1) is 10.1. The Kier molecular flexibility index (Phi) is 3.95. The first-order valence-electron chi connectivity index (χ1n) is 7.64. The van der Waals surface area contributed by atoms with Crippen LogP contribution in [0.25, 0.3) is 11.0 Å². The molecular formula is C17H20FNO2. The van der Waals surface area contributed by atoms with Gasteiger partial charge in [-0.1, -0.05) is 25.7 Å². The standard InChI is InChI=1S/C17H20FNO2/c1-11-14-10-12(18)8-9-15(14)21-16(11)17(20)19-13-6-4-2-3-5-7-13/h8-10,13H,2-7H2,1H3,(H,19,20). The second kappa shape index (κ2) is 5.88. The van der Waals surface area contributed by atoms with Gasteiger partial charge >= 0.3 is 0 Å². The second-order valence-electron chi connectivity index (χ2n) is 5.86. The molecule has 4 heteroatoms. The summed E-state index contributed by atoms with van der Waals surface area (Å²) in [5, 5.41) is 3.73. The predicted molar refractivity (Wildman–Crippen MR) is 79.9 cm³/mol. The molecule has 1 heterocycles. The first kappa shape index (κ1) is 14.1. The highest BCUT2D eigenvalue weighted by molar-refractivity contribution is 5.99. The lowest BCUT2D eigenvalue weighted by Crippen LogP contribution is -2.34. The highest BCUT2D eigenvalue weighted by Crippen LogP contribution is 2.26. The van der Waals surface area contributed by atoms with E-state index in [1.807, 2.05) is 0 Å². The van der Waals surface area contributed by atoms with Crippen LogP contribution < -0.4 is 5.32 Å². The molecule has 1 N–H and O–H groups in total. The minimum Gasteiger partial charge on any atom is -0.451 e. The highest BCUT2D eigenvalue weighted by Gasteiger charge is 2.21. The summed E-state index contributed by atoms with van der Waals surface area (Å²) in [6.07, 6.45) is 6.87. The molecule has 0 saturated heterocycles. The molecule has 0 radical (unpaired) electrons. The zero-order chi connectivity index (χ0) is 14.8. The number of amides is 1. The van der Waals surface area contributed by atoms with Crippen LogP contribution in [0.3, 0.4) is 0 Å². The summed E-state index contributed by atoms with van der Waals surface area (Å²) >= 11 is 0. The number of fused-ring (bicyclic) bond motifs is 1. The van der Waals surface area contributed by atoms with Gasteiger partial charge in [0, 0.05) is 17.0 Å². The molecule has 0 spiro atoms. The van der Waals surface area contributed by atoms with Crippen molar-refractivity contribution in [1.82, 2.24) is 5.32 Å². The van der Waals surface area contributed by atoms with E-state index >= 15 is 0 Å². The molecule has 112 valence electrons. The average Bonchev–Trinajstić information content (AvgIpc) is 2.65. The largest absolute Gasteiger partial charge is 0.451 e. The Labute approximate surface area is 123 Å². The molecule has 0 unspecified atom stereocenters. The number of aryl methyl sites for hydroxylation is 1. The number of carbonyl (C=O) groups excluding carboxylic acids is 1. The van der Waals surface area contributed by atoms with Gasteiger partial charge in [-0.05, 0) is 38.0 Å². The molecular weight excluding hydrogens is 269 g/mol. The second-order valence-corrected chi connectivity index (χ2v) is 5.86. The molecule has 1 amide bonds. The van der Waals surface area contributed by atoms with Crippen molar-refractivity contribution in [2.75, 3.05) is 0 Å². The fourth-order valence-electron chi connectivity index (χ4n) is 3.08. The molecule has 1 saturated carbocycles. The summed E-state index contributed by atoms with van der Waals surface area (Å²) in [5.74, 6) is -0.196. The SMILES string of the molecule is Cc1c(C(=O)NC2CCCCCC2)oc2ccc(F)cc12. The molecule has 21 heavy (non-hydrogen) atoms. The van der Waals surface area contributed by atoms with Crippen molar-refractivity contribution in [3.63, 3.8) is 0 Å². The number of hydrogen-bond acceptors (Lipinski definition) is 2. The zero-order valence-corrected chi connectivity index (χ0v) is 12.2. The van der Waals surface area contributed by atoms with Crippen LogP contribution in [0, 0.1) is 12.7 Å². The van der Waals surface area contributed by atoms with Crippen molar-refractivity contribution in [2.24, 2.45) is 0 Å². The number of halogens is 1. The van der Waals surface area contributed by atoms with Crippen LogP contribution in [-0.4, -0.2) is 11.9 Å². The quantitative estimate of drug-likeness (QED) is 0.836. The van der Waals surface area contributed by atoms with Gasteiger partial charge in [-0.3, -0.25) is 4.79 Å². The predicted octanol–water partition coefficient (Wildman–Crippen LogP) is 4.33. The summed E-state index contributed by atoms with van der Waals surface area (Å²) in [6.45, 7) is 1.80. The van der Waals surface area contributed by atoms with Gasteiger partial charge in [-0.2, -0.15) is 0 Å². The van der Waals surface area contributed by atoms with E-state index in [0.29, 0.717) is 22.3 Å². The molecule has 2 aromatic rings. The smallest absolute Gasteiger partial charge is 0.287 e. The third-order valence-corrected chi connectivity index (χ3v) is 4.29. The lowest BCUT2D eigenvalue weighted by Gasteiger charge is -2.15. The Bertz CT molecular complexity index is 654. The van der Waals surface area contributed by atoms with E-state index < -0.39 is 0 Å². The molecule has 0 atom stereocenters. The summed E-state index contributed by atoms with van der Waals surface area (Å²) in [6, 6.07) is 4.55. The Morgan fingerprint density at radius 2 is 1.95 bits per heavy atom. The van der Waals surface area contributed by atoms with Gasteiger partial charge in [0.15, 0.2) is 5.76 Å². The molecule has 3 nitrogen and oxygen atoms in total. The molecule has 1 aromatic carbocycles. The zero-order valence-electron chi connectivity index (χ0n) is 12.2. The van der Waals surface area contributed by atoms with E-state index in [1.165, 1.54) is 25.0 Å². The maximum Gasteiger partial charge on any atom is 0.287 e. The normalized spacial score (nSPS) is 16.9. The van der Waals surface area contributed by atoms with E-state index in [2.05, 4.69) is 5.32 Å². The Morgan fingerprint density at radius 3 is 2.67 bits per heavy atom. The van der Waals surface area contributed by atoms with Gasteiger partial charge in [0.1, 0.15) is 11.4 Å². The molecule has 1 aliphatic rings. The maximum absolute atomic E-state index is 13.3. The lowest BCUT2D eigenvalue weighted by atomic mass is 10.1. The van der Waals surface area contributed by atoms with Gasteiger partial charge in [-0.25, -0.2) is 4.39 Å². The summed E-state index contributed by atoms with van der Waals surface area (Å²) in [7, 11) is 0. The lowest BCUT2D eigenvalue weighted by molar-refractivity contribution is 0.0906. The van der Waals surface area contributed by atoms with Crippen molar-refractivity contribution in [1.29, 1.82) is 0 Å². The number of furan rings is 1. The van der Waals surface area contributed by atoms with E-state index in [1.54, 1.807) is 13.0 Å². The number of rotatable bonds is 2. The molecule has 0 aliphatic heterocycles. The molecule has 0 bridgehead atoms. The fraction of sp³-hybridized carbons (Fsp3) is 0.471. The third-order valence-electron chi connectivity index (χ3n) is 4.29. The summed E-state index contributed by atoms with van der Waals surface area (Å²) < 4.78 is 18.9. The van der Waals surface area contributed by atoms with Gasteiger partial charge in [0.25, 0.3) is 5.91 Å². The maximum atomic E-state index is 13.3. The van der Waals surface area contributed by atoms with Gasteiger partial charge < -0.3 is 9.73 Å². The Hall–Kier alpha value is -1.84. The van der Waals surface area contributed by atoms with Crippen molar-refractivity contribution in [3.05, 3.63) is 35.3 Å². The number of carbonyl (C=O) groups is 1. The van der Waals surface area contributed by atoms with Crippen LogP contribution in [-0.2, 0) is 0 Å². The van der Waals surface area contributed by atoms with Crippen LogP contribution in [0.4, 0.5) is 4.39 Å². The molecule has 1 aliphatic carbocycles. The van der Waals surface area contributed by atoms with Gasteiger partial charge in [0.2, 0.25) is 0 Å². The van der Waals surface area contributed by atoms with E-state index in [4.69, 9.17) is 4.42 Å². The average molecular weight is 289 g/mol. The summed E-state index contributed by atoms with van der Waals surface area (Å²) in [4.78, 5) is 12.4. The van der Waals surface area contributed by atoms with E-state index in [-0.39, 0.29) is 17.8 Å². The van der Waals surface area contributed by atoms with E-state index in [9.17, 15) is 9.18 Å².